The number of para-hydroxylation sites is 1. The van der Waals surface area contributed by atoms with Crippen LogP contribution < -0.4 is 9.64 Å². The smallest absolute Gasteiger partial charge is 0.258 e. The maximum Gasteiger partial charge on any atom is 0.258 e. The van der Waals surface area contributed by atoms with Crippen molar-refractivity contribution in [1.29, 1.82) is 0 Å². The van der Waals surface area contributed by atoms with Crippen LogP contribution in [0.1, 0.15) is 15.9 Å². The number of benzene rings is 3. The molecule has 0 aliphatic heterocycles. The predicted molar refractivity (Wildman–Crippen MR) is 107 cm³/mol. The Morgan fingerprint density at radius 3 is 2.33 bits per heavy atom. The molecule has 4 heteroatoms. The zero-order valence-corrected chi connectivity index (χ0v) is 15.0. The van der Waals surface area contributed by atoms with E-state index in [-0.39, 0.29) is 11.7 Å². The highest BCUT2D eigenvalue weighted by Crippen LogP contribution is 2.21. The second-order valence-electron chi connectivity index (χ2n) is 5.90. The Balaban J connectivity index is 1.87. The fourth-order valence-corrected chi connectivity index (χ4v) is 2.75. The van der Waals surface area contributed by atoms with Gasteiger partial charge in [-0.2, -0.15) is 0 Å². The number of rotatable bonds is 6. The lowest BCUT2D eigenvalue weighted by Gasteiger charge is -2.21. The lowest BCUT2D eigenvalue weighted by molar-refractivity contribution is 0.0989. The van der Waals surface area contributed by atoms with E-state index in [9.17, 15) is 9.18 Å². The molecule has 0 aliphatic carbocycles. The lowest BCUT2D eigenvalue weighted by Crippen LogP contribution is -2.31. The third-order valence-corrected chi connectivity index (χ3v) is 4.13. The lowest BCUT2D eigenvalue weighted by atomic mass is 10.1. The number of carbonyl (C=O) groups is 1. The van der Waals surface area contributed by atoms with Gasteiger partial charge in [-0.1, -0.05) is 48.6 Å². The molecule has 3 nitrogen and oxygen atoms in total. The SMILES string of the molecule is COc1ccccc1/C=C/CN(C(=O)c1ccccc1)c1ccc(F)cc1. The Morgan fingerprint density at radius 1 is 0.963 bits per heavy atom. The van der Waals surface area contributed by atoms with E-state index in [1.807, 2.05) is 54.6 Å². The highest BCUT2D eigenvalue weighted by atomic mass is 19.1. The van der Waals surface area contributed by atoms with E-state index in [0.29, 0.717) is 17.8 Å². The molecule has 0 spiro atoms. The van der Waals surface area contributed by atoms with Crippen LogP contribution in [0.4, 0.5) is 10.1 Å². The second kappa shape index (κ2) is 8.81. The number of anilines is 1. The van der Waals surface area contributed by atoms with E-state index in [0.717, 1.165) is 11.3 Å². The van der Waals surface area contributed by atoms with Gasteiger partial charge in [0.1, 0.15) is 11.6 Å². The number of nitrogens with zero attached hydrogens (tertiary/aromatic N) is 1. The van der Waals surface area contributed by atoms with Crippen molar-refractivity contribution in [3.05, 3.63) is 102 Å². The molecule has 0 atom stereocenters. The van der Waals surface area contributed by atoms with Gasteiger partial charge in [-0.15, -0.1) is 0 Å². The van der Waals surface area contributed by atoms with E-state index in [2.05, 4.69) is 0 Å². The zero-order valence-electron chi connectivity index (χ0n) is 15.0. The number of hydrogen-bond donors (Lipinski definition) is 0. The maximum absolute atomic E-state index is 13.3. The molecule has 136 valence electrons. The quantitative estimate of drug-likeness (QED) is 0.604. The molecule has 3 aromatic carbocycles. The number of hydrogen-bond acceptors (Lipinski definition) is 2. The molecule has 0 radical (unpaired) electrons. The molecular weight excluding hydrogens is 341 g/mol. The van der Waals surface area contributed by atoms with Gasteiger partial charge in [0, 0.05) is 23.4 Å². The third-order valence-electron chi connectivity index (χ3n) is 4.13. The van der Waals surface area contributed by atoms with E-state index >= 15 is 0 Å². The van der Waals surface area contributed by atoms with Crippen LogP contribution in [-0.2, 0) is 0 Å². The number of halogens is 1. The van der Waals surface area contributed by atoms with Crippen molar-refractivity contribution < 1.29 is 13.9 Å². The van der Waals surface area contributed by atoms with Crippen LogP contribution in [0.15, 0.2) is 84.9 Å². The summed E-state index contributed by atoms with van der Waals surface area (Å²) < 4.78 is 18.6. The Hall–Kier alpha value is -3.40. The van der Waals surface area contributed by atoms with Gasteiger partial charge in [0.05, 0.1) is 7.11 Å². The third kappa shape index (κ3) is 4.61. The van der Waals surface area contributed by atoms with Crippen molar-refractivity contribution in [2.24, 2.45) is 0 Å². The van der Waals surface area contributed by atoms with Crippen LogP contribution in [0.2, 0.25) is 0 Å². The Bertz CT molecular complexity index is 921. The monoisotopic (exact) mass is 361 g/mol. The molecular formula is C23H20FNO2. The molecule has 0 saturated carbocycles. The summed E-state index contributed by atoms with van der Waals surface area (Å²) in [7, 11) is 1.62. The van der Waals surface area contributed by atoms with E-state index in [1.165, 1.54) is 12.1 Å². The van der Waals surface area contributed by atoms with E-state index < -0.39 is 0 Å². The largest absolute Gasteiger partial charge is 0.496 e. The Labute approximate surface area is 158 Å². The normalized spacial score (nSPS) is 10.7. The van der Waals surface area contributed by atoms with Gasteiger partial charge in [-0.3, -0.25) is 4.79 Å². The first-order chi connectivity index (χ1) is 13.2. The minimum atomic E-state index is -0.338. The summed E-state index contributed by atoms with van der Waals surface area (Å²) in [5.41, 5.74) is 2.13. The van der Waals surface area contributed by atoms with Gasteiger partial charge in [-0.25, -0.2) is 4.39 Å². The fourth-order valence-electron chi connectivity index (χ4n) is 2.75. The minimum Gasteiger partial charge on any atom is -0.496 e. The average Bonchev–Trinajstić information content (AvgIpc) is 2.72. The summed E-state index contributed by atoms with van der Waals surface area (Å²) in [6.45, 7) is 0.345. The molecule has 0 saturated heterocycles. The van der Waals surface area contributed by atoms with Crippen LogP contribution in [0.25, 0.3) is 6.08 Å². The van der Waals surface area contributed by atoms with Gasteiger partial charge in [-0.05, 0) is 42.5 Å². The van der Waals surface area contributed by atoms with Gasteiger partial charge in [0.25, 0.3) is 5.91 Å². The molecule has 0 fully saturated rings. The highest BCUT2D eigenvalue weighted by Gasteiger charge is 2.16. The van der Waals surface area contributed by atoms with Crippen LogP contribution in [0.3, 0.4) is 0 Å². The summed E-state index contributed by atoms with van der Waals surface area (Å²) in [6, 6.07) is 22.6. The summed E-state index contributed by atoms with van der Waals surface area (Å²) in [5.74, 6) is 0.277. The molecule has 27 heavy (non-hydrogen) atoms. The molecule has 0 aromatic heterocycles. The average molecular weight is 361 g/mol. The molecule has 3 aromatic rings. The topological polar surface area (TPSA) is 29.5 Å². The molecule has 1 amide bonds. The van der Waals surface area contributed by atoms with Crippen LogP contribution >= 0.6 is 0 Å². The number of amides is 1. The number of carbonyl (C=O) groups excluding carboxylic acids is 1. The fraction of sp³-hybridized carbons (Fsp3) is 0.0870. The standard InChI is InChI=1S/C23H20FNO2/c1-27-22-12-6-5-8-18(22)11-7-17-25(21-15-13-20(24)14-16-21)23(26)19-9-3-2-4-10-19/h2-16H,17H2,1H3/b11-7+. The highest BCUT2D eigenvalue weighted by molar-refractivity contribution is 6.06. The maximum atomic E-state index is 13.3. The van der Waals surface area contributed by atoms with Crippen molar-refractivity contribution in [2.75, 3.05) is 18.6 Å². The first-order valence-electron chi connectivity index (χ1n) is 8.61. The molecule has 3 rings (SSSR count). The molecule has 0 unspecified atom stereocenters. The van der Waals surface area contributed by atoms with Gasteiger partial charge < -0.3 is 9.64 Å². The number of methoxy groups -OCH3 is 1. The second-order valence-corrected chi connectivity index (χ2v) is 5.90. The first-order valence-corrected chi connectivity index (χ1v) is 8.61. The van der Waals surface area contributed by atoms with Crippen LogP contribution in [-0.4, -0.2) is 19.6 Å². The molecule has 0 N–H and O–H groups in total. The summed E-state index contributed by atoms with van der Waals surface area (Å²) in [5, 5.41) is 0. The van der Waals surface area contributed by atoms with Crippen molar-refractivity contribution in [3.63, 3.8) is 0 Å². The predicted octanol–water partition coefficient (Wildman–Crippen LogP) is 5.19. The van der Waals surface area contributed by atoms with Crippen molar-refractivity contribution in [3.8, 4) is 5.75 Å². The van der Waals surface area contributed by atoms with Crippen LogP contribution in [0, 0.1) is 5.82 Å². The van der Waals surface area contributed by atoms with E-state index in [1.54, 1.807) is 36.3 Å². The van der Waals surface area contributed by atoms with Crippen molar-refractivity contribution in [2.45, 2.75) is 0 Å². The van der Waals surface area contributed by atoms with Gasteiger partial charge >= 0.3 is 0 Å². The summed E-state index contributed by atoms with van der Waals surface area (Å²) >= 11 is 0. The molecule has 0 heterocycles. The Morgan fingerprint density at radius 2 is 1.63 bits per heavy atom. The summed E-state index contributed by atoms with van der Waals surface area (Å²) in [4.78, 5) is 14.6. The first kappa shape index (κ1) is 18.4. The van der Waals surface area contributed by atoms with Crippen LogP contribution in [0.5, 0.6) is 5.75 Å². The molecule has 0 bridgehead atoms. The number of ether oxygens (including phenoxy) is 1. The minimum absolute atomic E-state index is 0.146. The van der Waals surface area contributed by atoms with Crippen molar-refractivity contribution in [1.82, 2.24) is 0 Å². The van der Waals surface area contributed by atoms with Gasteiger partial charge in [0.15, 0.2) is 0 Å². The van der Waals surface area contributed by atoms with E-state index in [4.69, 9.17) is 4.74 Å². The molecule has 0 aliphatic rings. The van der Waals surface area contributed by atoms with Gasteiger partial charge in [0.2, 0.25) is 0 Å². The summed E-state index contributed by atoms with van der Waals surface area (Å²) in [6.07, 6.45) is 3.80. The zero-order chi connectivity index (χ0) is 19.1. The van der Waals surface area contributed by atoms with Crippen molar-refractivity contribution >= 4 is 17.7 Å². The Kier molecular flexibility index (Phi) is 6.00.